The van der Waals surface area contributed by atoms with Crippen molar-refractivity contribution in [2.75, 3.05) is 0 Å². The van der Waals surface area contributed by atoms with Crippen LogP contribution in [0, 0.1) is 5.41 Å². The molecule has 0 saturated heterocycles. The van der Waals surface area contributed by atoms with Crippen LogP contribution in [0.4, 0.5) is 0 Å². The van der Waals surface area contributed by atoms with E-state index >= 15 is 0 Å². The van der Waals surface area contributed by atoms with Gasteiger partial charge in [-0.1, -0.05) is 46.0 Å². The number of carbonyl (C=O) groups is 1. The molecular weight excluding hydrogens is 198 g/mol. The van der Waals surface area contributed by atoms with Gasteiger partial charge in [-0.25, -0.2) is 0 Å². The van der Waals surface area contributed by atoms with E-state index in [1.165, 1.54) is 32.1 Å². The number of nitrogens with one attached hydrogen (secondary N) is 1. The second-order valence-electron chi connectivity index (χ2n) is 5.64. The van der Waals surface area contributed by atoms with Crippen molar-refractivity contribution in [1.29, 1.82) is 0 Å². The van der Waals surface area contributed by atoms with Crippen LogP contribution in [-0.4, -0.2) is 11.9 Å². The molecule has 1 N–H and O–H groups in total. The van der Waals surface area contributed by atoms with Gasteiger partial charge in [0.2, 0.25) is 5.91 Å². The topological polar surface area (TPSA) is 29.1 Å². The summed E-state index contributed by atoms with van der Waals surface area (Å²) in [5.41, 5.74) is -0.0704. The summed E-state index contributed by atoms with van der Waals surface area (Å²) >= 11 is 0. The second-order valence-corrected chi connectivity index (χ2v) is 5.64. The van der Waals surface area contributed by atoms with Crippen molar-refractivity contribution in [2.24, 2.45) is 5.41 Å². The lowest BCUT2D eigenvalue weighted by Gasteiger charge is -2.25. The highest BCUT2D eigenvalue weighted by Gasteiger charge is 2.36. The molecule has 94 valence electrons. The third kappa shape index (κ3) is 3.80. The van der Waals surface area contributed by atoms with Gasteiger partial charge in [-0.05, 0) is 26.2 Å². The number of rotatable bonds is 6. The molecule has 16 heavy (non-hydrogen) atoms. The summed E-state index contributed by atoms with van der Waals surface area (Å²) in [6.45, 7) is 6.46. The summed E-state index contributed by atoms with van der Waals surface area (Å²) in [7, 11) is 0. The van der Waals surface area contributed by atoms with Crippen LogP contribution < -0.4 is 5.32 Å². The Morgan fingerprint density at radius 1 is 1.31 bits per heavy atom. The van der Waals surface area contributed by atoms with Gasteiger partial charge in [-0.3, -0.25) is 4.79 Å². The maximum atomic E-state index is 12.1. The molecule has 0 radical (unpaired) electrons. The van der Waals surface area contributed by atoms with Gasteiger partial charge in [-0.2, -0.15) is 0 Å². The standard InChI is InChI=1S/C14H27NO/c1-4-5-6-9-12(2)15-13(16)14(3)10-7-8-11-14/h12H,4-11H2,1-3H3,(H,15,16)/t12-/m0/s1. The second kappa shape index (κ2) is 6.27. The molecule has 0 aromatic heterocycles. The number of unbranched alkanes of at least 4 members (excludes halogenated alkanes) is 2. The van der Waals surface area contributed by atoms with Gasteiger partial charge < -0.3 is 5.32 Å². The van der Waals surface area contributed by atoms with E-state index in [0.717, 1.165) is 19.3 Å². The average molecular weight is 225 g/mol. The zero-order chi connectivity index (χ0) is 12.0. The molecule has 0 bridgehead atoms. The van der Waals surface area contributed by atoms with Gasteiger partial charge >= 0.3 is 0 Å². The molecular formula is C14H27NO. The fourth-order valence-corrected chi connectivity index (χ4v) is 2.55. The minimum atomic E-state index is -0.0704. The number of hydrogen-bond acceptors (Lipinski definition) is 1. The van der Waals surface area contributed by atoms with Gasteiger partial charge in [0.05, 0.1) is 0 Å². The van der Waals surface area contributed by atoms with Gasteiger partial charge in [0.25, 0.3) is 0 Å². The molecule has 0 aromatic carbocycles. The van der Waals surface area contributed by atoms with Crippen molar-refractivity contribution >= 4 is 5.91 Å². The van der Waals surface area contributed by atoms with Crippen molar-refractivity contribution in [3.8, 4) is 0 Å². The lowest BCUT2D eigenvalue weighted by atomic mass is 9.87. The van der Waals surface area contributed by atoms with E-state index in [0.29, 0.717) is 6.04 Å². The summed E-state index contributed by atoms with van der Waals surface area (Å²) < 4.78 is 0. The summed E-state index contributed by atoms with van der Waals surface area (Å²) in [4.78, 5) is 12.1. The molecule has 1 rings (SSSR count). The first-order chi connectivity index (χ1) is 7.58. The predicted octanol–water partition coefficient (Wildman–Crippen LogP) is 3.65. The van der Waals surface area contributed by atoms with E-state index in [9.17, 15) is 4.79 Å². The molecule has 0 unspecified atom stereocenters. The van der Waals surface area contributed by atoms with Crippen molar-refractivity contribution < 1.29 is 4.79 Å². The average Bonchev–Trinajstić information content (AvgIpc) is 2.67. The number of amides is 1. The van der Waals surface area contributed by atoms with Crippen LogP contribution >= 0.6 is 0 Å². The van der Waals surface area contributed by atoms with E-state index in [2.05, 4.69) is 26.1 Å². The molecule has 1 aliphatic carbocycles. The van der Waals surface area contributed by atoms with Crippen LogP contribution in [-0.2, 0) is 4.79 Å². The van der Waals surface area contributed by atoms with Gasteiger partial charge in [0.1, 0.15) is 0 Å². The minimum absolute atomic E-state index is 0.0704. The molecule has 2 heteroatoms. The SMILES string of the molecule is CCCCC[C@H](C)NC(=O)C1(C)CCCC1. The van der Waals surface area contributed by atoms with Gasteiger partial charge in [0.15, 0.2) is 0 Å². The maximum absolute atomic E-state index is 12.1. The Labute approximate surface area is 100 Å². The molecule has 1 fully saturated rings. The smallest absolute Gasteiger partial charge is 0.226 e. The van der Waals surface area contributed by atoms with E-state index < -0.39 is 0 Å². The third-order valence-corrected chi connectivity index (χ3v) is 3.87. The fraction of sp³-hybridized carbons (Fsp3) is 0.929. The first kappa shape index (κ1) is 13.5. The highest BCUT2D eigenvalue weighted by molar-refractivity contribution is 5.82. The monoisotopic (exact) mass is 225 g/mol. The Bertz CT molecular complexity index is 219. The van der Waals surface area contributed by atoms with Gasteiger partial charge in [0, 0.05) is 11.5 Å². The predicted molar refractivity (Wildman–Crippen MR) is 68.3 cm³/mol. The molecule has 0 heterocycles. The first-order valence-corrected chi connectivity index (χ1v) is 6.89. The van der Waals surface area contributed by atoms with Crippen LogP contribution in [0.3, 0.4) is 0 Å². The Hall–Kier alpha value is -0.530. The van der Waals surface area contributed by atoms with E-state index in [1.807, 2.05) is 0 Å². The molecule has 1 amide bonds. The highest BCUT2D eigenvalue weighted by Crippen LogP contribution is 2.37. The van der Waals surface area contributed by atoms with Crippen molar-refractivity contribution in [1.82, 2.24) is 5.32 Å². The van der Waals surface area contributed by atoms with Crippen LogP contribution in [0.5, 0.6) is 0 Å². The normalized spacial score (nSPS) is 20.7. The quantitative estimate of drug-likeness (QED) is 0.687. The molecule has 0 aliphatic heterocycles. The number of hydrogen-bond donors (Lipinski definition) is 1. The molecule has 0 spiro atoms. The zero-order valence-electron chi connectivity index (χ0n) is 11.1. The molecule has 1 aliphatic rings. The van der Waals surface area contributed by atoms with Crippen LogP contribution in [0.15, 0.2) is 0 Å². The van der Waals surface area contributed by atoms with Crippen LogP contribution in [0.2, 0.25) is 0 Å². The molecule has 0 aromatic rings. The Kier molecular flexibility index (Phi) is 5.30. The largest absolute Gasteiger partial charge is 0.353 e. The summed E-state index contributed by atoms with van der Waals surface area (Å²) in [6.07, 6.45) is 9.45. The molecule has 2 nitrogen and oxygen atoms in total. The minimum Gasteiger partial charge on any atom is -0.353 e. The number of carbonyl (C=O) groups excluding carboxylic acids is 1. The first-order valence-electron chi connectivity index (χ1n) is 6.89. The highest BCUT2D eigenvalue weighted by atomic mass is 16.2. The Balaban J connectivity index is 2.27. The maximum Gasteiger partial charge on any atom is 0.226 e. The summed E-state index contributed by atoms with van der Waals surface area (Å²) in [6, 6.07) is 0.344. The van der Waals surface area contributed by atoms with E-state index in [4.69, 9.17) is 0 Å². The fourth-order valence-electron chi connectivity index (χ4n) is 2.55. The van der Waals surface area contributed by atoms with Crippen molar-refractivity contribution in [3.05, 3.63) is 0 Å². The van der Waals surface area contributed by atoms with E-state index in [-0.39, 0.29) is 11.3 Å². The van der Waals surface area contributed by atoms with Gasteiger partial charge in [-0.15, -0.1) is 0 Å². The van der Waals surface area contributed by atoms with Crippen LogP contribution in [0.25, 0.3) is 0 Å². The summed E-state index contributed by atoms with van der Waals surface area (Å²) in [5.74, 6) is 0.286. The molecule has 1 saturated carbocycles. The lowest BCUT2D eigenvalue weighted by Crippen LogP contribution is -2.41. The Morgan fingerprint density at radius 2 is 1.94 bits per heavy atom. The third-order valence-electron chi connectivity index (χ3n) is 3.87. The Morgan fingerprint density at radius 3 is 2.50 bits per heavy atom. The van der Waals surface area contributed by atoms with E-state index in [1.54, 1.807) is 0 Å². The van der Waals surface area contributed by atoms with Crippen molar-refractivity contribution in [3.63, 3.8) is 0 Å². The summed E-state index contributed by atoms with van der Waals surface area (Å²) in [5, 5.41) is 3.18. The van der Waals surface area contributed by atoms with Crippen molar-refractivity contribution in [2.45, 2.75) is 78.2 Å². The zero-order valence-corrected chi connectivity index (χ0v) is 11.1. The molecule has 1 atom stereocenters. The van der Waals surface area contributed by atoms with Crippen LogP contribution in [0.1, 0.15) is 72.1 Å². The lowest BCUT2D eigenvalue weighted by molar-refractivity contribution is -0.130.